The molecule has 30 heavy (non-hydrogen) atoms. The lowest BCUT2D eigenvalue weighted by atomic mass is 10.1. The van der Waals surface area contributed by atoms with Gasteiger partial charge < -0.3 is 19.5 Å². The minimum absolute atomic E-state index is 0.212. The molecule has 3 aromatic rings. The largest absolute Gasteiger partial charge is 0.492 e. The van der Waals surface area contributed by atoms with Gasteiger partial charge in [0.1, 0.15) is 18.1 Å². The number of anilines is 1. The van der Waals surface area contributed by atoms with Gasteiger partial charge in [-0.05, 0) is 37.3 Å². The maximum atomic E-state index is 12.5. The normalized spacial score (nSPS) is 10.2. The Morgan fingerprint density at radius 2 is 1.53 bits per heavy atom. The summed E-state index contributed by atoms with van der Waals surface area (Å²) in [4.78, 5) is 24.8. The summed E-state index contributed by atoms with van der Waals surface area (Å²) in [6, 6.07) is 23.4. The van der Waals surface area contributed by atoms with Gasteiger partial charge in [-0.15, -0.1) is 0 Å². The van der Waals surface area contributed by atoms with E-state index in [1.54, 1.807) is 36.4 Å². The molecule has 0 atom stereocenters. The van der Waals surface area contributed by atoms with Crippen LogP contribution in [-0.2, 0) is 16.1 Å². The van der Waals surface area contributed by atoms with Gasteiger partial charge in [0.15, 0.2) is 6.61 Å². The van der Waals surface area contributed by atoms with Crippen LogP contribution in [0.3, 0.4) is 0 Å². The van der Waals surface area contributed by atoms with Gasteiger partial charge in [0.2, 0.25) is 0 Å². The van der Waals surface area contributed by atoms with E-state index in [0.29, 0.717) is 34.9 Å². The van der Waals surface area contributed by atoms with Crippen molar-refractivity contribution in [3.63, 3.8) is 0 Å². The van der Waals surface area contributed by atoms with Gasteiger partial charge in [-0.1, -0.05) is 48.5 Å². The van der Waals surface area contributed by atoms with Crippen LogP contribution in [0.5, 0.6) is 11.5 Å². The van der Waals surface area contributed by atoms with Crippen LogP contribution in [0, 0.1) is 0 Å². The van der Waals surface area contributed by atoms with Gasteiger partial charge in [0, 0.05) is 5.56 Å². The third-order valence-electron chi connectivity index (χ3n) is 4.17. The highest BCUT2D eigenvalue weighted by atomic mass is 16.5. The Hall–Kier alpha value is -3.80. The highest BCUT2D eigenvalue weighted by Crippen LogP contribution is 2.23. The molecule has 0 radical (unpaired) electrons. The molecule has 1 amide bonds. The molecule has 0 spiro atoms. The SMILES string of the molecule is CCOc1ccccc1NC(=O)COC(=O)c1ccccc1COc1ccccc1. The minimum atomic E-state index is -0.587. The molecule has 0 heterocycles. The first kappa shape index (κ1) is 20.9. The third kappa shape index (κ3) is 5.85. The number of carbonyl (C=O) groups excluding carboxylic acids is 2. The van der Waals surface area contributed by atoms with Crippen LogP contribution < -0.4 is 14.8 Å². The predicted octanol–water partition coefficient (Wildman–Crippen LogP) is 4.46. The van der Waals surface area contributed by atoms with Crippen LogP contribution >= 0.6 is 0 Å². The van der Waals surface area contributed by atoms with Crippen molar-refractivity contribution in [3.8, 4) is 11.5 Å². The summed E-state index contributed by atoms with van der Waals surface area (Å²) in [5.41, 5.74) is 1.56. The maximum absolute atomic E-state index is 12.5. The number of para-hydroxylation sites is 3. The Labute approximate surface area is 175 Å². The van der Waals surface area contributed by atoms with E-state index in [-0.39, 0.29) is 6.61 Å². The van der Waals surface area contributed by atoms with E-state index in [2.05, 4.69) is 5.32 Å². The topological polar surface area (TPSA) is 73.9 Å². The Kier molecular flexibility index (Phi) is 7.44. The average Bonchev–Trinajstić information content (AvgIpc) is 2.78. The number of ether oxygens (including phenoxy) is 3. The lowest BCUT2D eigenvalue weighted by Crippen LogP contribution is -2.22. The quantitative estimate of drug-likeness (QED) is 0.532. The summed E-state index contributed by atoms with van der Waals surface area (Å²) < 4.78 is 16.4. The van der Waals surface area contributed by atoms with E-state index < -0.39 is 18.5 Å². The fraction of sp³-hybridized carbons (Fsp3) is 0.167. The fourth-order valence-corrected chi connectivity index (χ4v) is 2.77. The fourth-order valence-electron chi connectivity index (χ4n) is 2.77. The number of carbonyl (C=O) groups is 2. The van der Waals surface area contributed by atoms with Crippen molar-refractivity contribution in [1.82, 2.24) is 0 Å². The lowest BCUT2D eigenvalue weighted by Gasteiger charge is -2.12. The molecular formula is C24H23NO5. The number of hydrogen-bond donors (Lipinski definition) is 1. The maximum Gasteiger partial charge on any atom is 0.339 e. The second kappa shape index (κ2) is 10.7. The molecule has 0 saturated heterocycles. The van der Waals surface area contributed by atoms with Crippen molar-refractivity contribution in [1.29, 1.82) is 0 Å². The predicted molar refractivity (Wildman–Crippen MR) is 114 cm³/mol. The average molecular weight is 405 g/mol. The van der Waals surface area contributed by atoms with Crippen molar-refractivity contribution >= 4 is 17.6 Å². The van der Waals surface area contributed by atoms with Gasteiger partial charge >= 0.3 is 5.97 Å². The zero-order valence-electron chi connectivity index (χ0n) is 16.7. The number of benzene rings is 3. The summed E-state index contributed by atoms with van der Waals surface area (Å²) >= 11 is 0. The lowest BCUT2D eigenvalue weighted by molar-refractivity contribution is -0.119. The molecule has 0 bridgehead atoms. The summed E-state index contributed by atoms with van der Waals surface area (Å²) in [5, 5.41) is 2.70. The Morgan fingerprint density at radius 1 is 0.833 bits per heavy atom. The molecule has 6 heteroatoms. The molecule has 0 aliphatic rings. The van der Waals surface area contributed by atoms with Crippen LogP contribution in [0.4, 0.5) is 5.69 Å². The zero-order chi connectivity index (χ0) is 21.2. The molecule has 154 valence electrons. The number of hydrogen-bond acceptors (Lipinski definition) is 5. The highest BCUT2D eigenvalue weighted by molar-refractivity contribution is 5.96. The van der Waals surface area contributed by atoms with Crippen LogP contribution in [0.15, 0.2) is 78.9 Å². The third-order valence-corrected chi connectivity index (χ3v) is 4.17. The molecule has 0 aromatic heterocycles. The number of amides is 1. The Bertz CT molecular complexity index is 988. The van der Waals surface area contributed by atoms with Crippen LogP contribution in [0.1, 0.15) is 22.8 Å². The van der Waals surface area contributed by atoms with E-state index in [1.165, 1.54) is 0 Å². The molecule has 0 unspecified atom stereocenters. The highest BCUT2D eigenvalue weighted by Gasteiger charge is 2.15. The first-order chi connectivity index (χ1) is 14.7. The van der Waals surface area contributed by atoms with Gasteiger partial charge in [0.25, 0.3) is 5.91 Å². The van der Waals surface area contributed by atoms with Crippen molar-refractivity contribution in [2.24, 2.45) is 0 Å². The van der Waals surface area contributed by atoms with Crippen LogP contribution in [0.2, 0.25) is 0 Å². The van der Waals surface area contributed by atoms with Crippen molar-refractivity contribution in [3.05, 3.63) is 90.0 Å². The standard InChI is InChI=1S/C24H23NO5/c1-2-28-22-15-9-8-14-21(22)25-23(26)17-30-24(27)20-13-7-6-10-18(20)16-29-19-11-4-3-5-12-19/h3-15H,2,16-17H2,1H3,(H,25,26). The molecule has 0 fully saturated rings. The van der Waals surface area contributed by atoms with Gasteiger partial charge in [-0.25, -0.2) is 4.79 Å². The van der Waals surface area contributed by atoms with E-state index in [0.717, 1.165) is 0 Å². The molecule has 1 N–H and O–H groups in total. The Balaban J connectivity index is 1.58. The summed E-state index contributed by atoms with van der Waals surface area (Å²) in [7, 11) is 0. The van der Waals surface area contributed by atoms with E-state index >= 15 is 0 Å². The summed E-state index contributed by atoms with van der Waals surface area (Å²) in [6.07, 6.45) is 0. The zero-order valence-corrected chi connectivity index (χ0v) is 16.7. The molecule has 3 rings (SSSR count). The molecular weight excluding hydrogens is 382 g/mol. The molecule has 3 aromatic carbocycles. The van der Waals surface area contributed by atoms with Crippen molar-refractivity contribution < 1.29 is 23.8 Å². The van der Waals surface area contributed by atoms with E-state index in [9.17, 15) is 9.59 Å². The molecule has 6 nitrogen and oxygen atoms in total. The summed E-state index contributed by atoms with van der Waals surface area (Å²) in [6.45, 7) is 2.14. The number of nitrogens with one attached hydrogen (secondary N) is 1. The number of rotatable bonds is 9. The first-order valence-corrected chi connectivity index (χ1v) is 9.62. The van der Waals surface area contributed by atoms with Crippen molar-refractivity contribution in [2.75, 3.05) is 18.5 Å². The van der Waals surface area contributed by atoms with Gasteiger partial charge in [-0.3, -0.25) is 4.79 Å². The molecule has 0 aliphatic carbocycles. The van der Waals surface area contributed by atoms with Crippen molar-refractivity contribution in [2.45, 2.75) is 13.5 Å². The van der Waals surface area contributed by atoms with Crippen LogP contribution in [-0.4, -0.2) is 25.1 Å². The van der Waals surface area contributed by atoms with Gasteiger partial charge in [0.05, 0.1) is 17.9 Å². The summed E-state index contributed by atoms with van der Waals surface area (Å²) in [5.74, 6) is 0.222. The first-order valence-electron chi connectivity index (χ1n) is 9.62. The van der Waals surface area contributed by atoms with E-state index in [1.807, 2.05) is 49.4 Å². The van der Waals surface area contributed by atoms with Gasteiger partial charge in [-0.2, -0.15) is 0 Å². The van der Waals surface area contributed by atoms with E-state index in [4.69, 9.17) is 14.2 Å². The monoisotopic (exact) mass is 405 g/mol. The minimum Gasteiger partial charge on any atom is -0.492 e. The van der Waals surface area contributed by atoms with Crippen LogP contribution in [0.25, 0.3) is 0 Å². The Morgan fingerprint density at radius 3 is 2.33 bits per heavy atom. The molecule has 0 saturated carbocycles. The number of esters is 1. The second-order valence-corrected chi connectivity index (χ2v) is 6.31. The second-order valence-electron chi connectivity index (χ2n) is 6.31. The molecule has 0 aliphatic heterocycles. The smallest absolute Gasteiger partial charge is 0.339 e.